The van der Waals surface area contributed by atoms with E-state index in [0.717, 1.165) is 33.6 Å². The van der Waals surface area contributed by atoms with Crippen molar-refractivity contribution in [3.8, 4) is 0 Å². The molecule has 0 saturated carbocycles. The second kappa shape index (κ2) is 9.41. The first-order valence-electron chi connectivity index (χ1n) is 11.8. The van der Waals surface area contributed by atoms with E-state index in [4.69, 9.17) is 4.42 Å². The second-order valence-electron chi connectivity index (χ2n) is 9.03. The fraction of sp³-hybridized carbons (Fsp3) is 0.185. The number of aromatic nitrogens is 1. The number of thiazole rings is 1. The van der Waals surface area contributed by atoms with Gasteiger partial charge in [-0.3, -0.25) is 23.7 Å². The lowest BCUT2D eigenvalue weighted by molar-refractivity contribution is -0.122. The van der Waals surface area contributed by atoms with Gasteiger partial charge in [-0.1, -0.05) is 41.3 Å². The third-order valence-corrected chi connectivity index (χ3v) is 9.31. The van der Waals surface area contributed by atoms with Crippen LogP contribution in [0.25, 0.3) is 0 Å². The van der Waals surface area contributed by atoms with Crippen LogP contribution >= 0.6 is 23.1 Å². The topological polar surface area (TPSA) is 102 Å². The smallest absolute Gasteiger partial charge is 0.308 e. The fourth-order valence-electron chi connectivity index (χ4n) is 4.92. The Morgan fingerprint density at radius 1 is 1.03 bits per heavy atom. The van der Waals surface area contributed by atoms with Gasteiger partial charge in [0.25, 0.3) is 0 Å². The molecule has 4 heterocycles. The van der Waals surface area contributed by atoms with Crippen LogP contribution in [0, 0.1) is 18.7 Å². The summed E-state index contributed by atoms with van der Waals surface area (Å²) in [4.78, 5) is 54.6. The maximum atomic E-state index is 13.7. The van der Waals surface area contributed by atoms with Crippen molar-refractivity contribution in [1.82, 2.24) is 4.57 Å². The number of nitrogens with zero attached hydrogens (tertiary/aromatic N) is 2. The minimum atomic E-state index is -0.852. The minimum Gasteiger partial charge on any atom is -0.469 e. The van der Waals surface area contributed by atoms with E-state index in [9.17, 15) is 23.6 Å². The number of rotatable bonds is 5. The lowest BCUT2D eigenvalue weighted by Crippen LogP contribution is -2.32. The molecule has 3 unspecified atom stereocenters. The van der Waals surface area contributed by atoms with Crippen molar-refractivity contribution in [2.45, 2.75) is 29.7 Å². The van der Waals surface area contributed by atoms with Crippen molar-refractivity contribution in [2.75, 3.05) is 10.2 Å². The van der Waals surface area contributed by atoms with E-state index in [0.29, 0.717) is 21.4 Å². The van der Waals surface area contributed by atoms with Crippen LogP contribution in [0.4, 0.5) is 15.8 Å². The molecule has 6 rings (SSSR count). The molecule has 1 N–H and O–H groups in total. The van der Waals surface area contributed by atoms with Gasteiger partial charge in [0.2, 0.25) is 17.7 Å². The number of benzene rings is 2. The number of hydrogen-bond donors (Lipinski definition) is 1. The van der Waals surface area contributed by atoms with Gasteiger partial charge in [0.05, 0.1) is 33.7 Å². The minimum absolute atomic E-state index is 0.252. The SMILES string of the molecule is Cc1ccccc1NC(=O)Cn1c2c(sc1=O)C(c1ccco1)C1C(=O)N(c3ccc(F)cc3)C(=O)C1S2. The molecule has 3 atom stereocenters. The Labute approximate surface area is 224 Å². The first-order valence-corrected chi connectivity index (χ1v) is 13.5. The third-order valence-electron chi connectivity index (χ3n) is 6.70. The van der Waals surface area contributed by atoms with Crippen LogP contribution in [0.15, 0.2) is 81.2 Å². The van der Waals surface area contributed by atoms with Gasteiger partial charge >= 0.3 is 4.87 Å². The molecule has 0 spiro atoms. The van der Waals surface area contributed by atoms with Crippen LogP contribution in [-0.2, 0) is 20.9 Å². The number of halogens is 1. The molecule has 2 aromatic heterocycles. The predicted molar refractivity (Wildman–Crippen MR) is 141 cm³/mol. The van der Waals surface area contributed by atoms with Gasteiger partial charge in [-0.2, -0.15) is 0 Å². The number of thioether (sulfide) groups is 1. The highest BCUT2D eigenvalue weighted by Gasteiger charge is 2.57. The van der Waals surface area contributed by atoms with Crippen LogP contribution in [0.2, 0.25) is 0 Å². The number of aryl methyl sites for hydroxylation is 1. The summed E-state index contributed by atoms with van der Waals surface area (Å²) in [7, 11) is 0. The standard InChI is InChI=1S/C27H20FN3O5S2/c1-14-5-2-3-6-17(14)29-19(32)13-30-26-23(38-27(30)35)20(18-7-4-12-36-18)21-22(37-26)25(34)31(24(21)33)16-10-8-15(28)9-11-16/h2-12,20-22H,13H2,1H3,(H,29,32). The summed E-state index contributed by atoms with van der Waals surface area (Å²) in [5.41, 5.74) is 1.79. The molecule has 3 amide bonds. The average molecular weight is 550 g/mol. The molecule has 8 nitrogen and oxygen atoms in total. The summed E-state index contributed by atoms with van der Waals surface area (Å²) in [5.74, 6) is -2.86. The Kier molecular flexibility index (Phi) is 6.04. The fourth-order valence-corrected chi connectivity index (χ4v) is 7.67. The van der Waals surface area contributed by atoms with E-state index < -0.39 is 34.7 Å². The van der Waals surface area contributed by atoms with E-state index >= 15 is 0 Å². The largest absolute Gasteiger partial charge is 0.469 e. The van der Waals surface area contributed by atoms with Crippen LogP contribution in [0.3, 0.4) is 0 Å². The maximum absolute atomic E-state index is 13.7. The quantitative estimate of drug-likeness (QED) is 0.371. The monoisotopic (exact) mass is 549 g/mol. The summed E-state index contributed by atoms with van der Waals surface area (Å²) in [6.07, 6.45) is 1.47. The van der Waals surface area contributed by atoms with Gasteiger partial charge in [0, 0.05) is 5.69 Å². The molecule has 0 radical (unpaired) electrons. The van der Waals surface area contributed by atoms with Gasteiger partial charge < -0.3 is 9.73 Å². The molecule has 2 aliphatic heterocycles. The number of nitrogens with one attached hydrogen (secondary N) is 1. The average Bonchev–Trinajstić information content (AvgIpc) is 3.59. The molecular formula is C27H20FN3O5S2. The first kappa shape index (κ1) is 24.4. The molecule has 11 heteroatoms. The van der Waals surface area contributed by atoms with Gasteiger partial charge in [-0.15, -0.1) is 0 Å². The summed E-state index contributed by atoms with van der Waals surface area (Å²) in [5, 5.41) is 2.45. The summed E-state index contributed by atoms with van der Waals surface area (Å²) < 4.78 is 20.6. The van der Waals surface area contributed by atoms with E-state index in [-0.39, 0.29) is 23.0 Å². The summed E-state index contributed by atoms with van der Waals surface area (Å²) in [6, 6.07) is 15.9. The molecule has 2 aliphatic rings. The zero-order chi connectivity index (χ0) is 26.6. The van der Waals surface area contributed by atoms with Crippen LogP contribution in [0.5, 0.6) is 0 Å². The zero-order valence-corrected chi connectivity index (χ0v) is 21.6. The Morgan fingerprint density at radius 3 is 2.50 bits per heavy atom. The van der Waals surface area contributed by atoms with E-state index in [1.54, 1.807) is 24.3 Å². The van der Waals surface area contributed by atoms with Crippen LogP contribution in [-0.4, -0.2) is 27.5 Å². The van der Waals surface area contributed by atoms with E-state index in [1.807, 2.05) is 19.1 Å². The molecule has 1 saturated heterocycles. The molecule has 4 aromatic rings. The number of carbonyl (C=O) groups excluding carboxylic acids is 3. The van der Waals surface area contributed by atoms with Crippen molar-refractivity contribution >= 4 is 52.2 Å². The number of furan rings is 1. The van der Waals surface area contributed by atoms with Crippen molar-refractivity contribution in [3.05, 3.63) is 98.6 Å². The highest BCUT2D eigenvalue weighted by molar-refractivity contribution is 8.00. The van der Waals surface area contributed by atoms with Crippen molar-refractivity contribution in [3.63, 3.8) is 0 Å². The summed E-state index contributed by atoms with van der Waals surface area (Å²) in [6.45, 7) is 1.62. The molecule has 0 aliphatic carbocycles. The molecular weight excluding hydrogens is 529 g/mol. The number of amides is 3. The molecule has 1 fully saturated rings. The van der Waals surface area contributed by atoms with Gasteiger partial charge in [0.15, 0.2) is 0 Å². The molecule has 38 heavy (non-hydrogen) atoms. The first-order chi connectivity index (χ1) is 18.3. The number of carbonyl (C=O) groups is 3. The number of para-hydroxylation sites is 1. The predicted octanol–water partition coefficient (Wildman–Crippen LogP) is 4.38. The van der Waals surface area contributed by atoms with Crippen LogP contribution in [0.1, 0.15) is 22.1 Å². The van der Waals surface area contributed by atoms with Crippen LogP contribution < -0.4 is 15.1 Å². The van der Waals surface area contributed by atoms with Gasteiger partial charge in [-0.05, 0) is 55.0 Å². The van der Waals surface area contributed by atoms with Gasteiger partial charge in [-0.25, -0.2) is 9.29 Å². The highest BCUT2D eigenvalue weighted by Crippen LogP contribution is 2.53. The van der Waals surface area contributed by atoms with E-state index in [1.165, 1.54) is 35.1 Å². The van der Waals surface area contributed by atoms with Crippen molar-refractivity contribution < 1.29 is 23.2 Å². The molecule has 0 bridgehead atoms. The van der Waals surface area contributed by atoms with Gasteiger partial charge in [0.1, 0.15) is 23.4 Å². The Bertz CT molecular complexity index is 1630. The normalized spacial score (nSPS) is 20.4. The summed E-state index contributed by atoms with van der Waals surface area (Å²) >= 11 is 2.05. The highest BCUT2D eigenvalue weighted by atomic mass is 32.2. The molecule has 192 valence electrons. The molecule has 2 aromatic carbocycles. The number of anilines is 2. The second-order valence-corrected chi connectivity index (χ2v) is 11.2. The third kappa shape index (κ3) is 3.98. The lowest BCUT2D eigenvalue weighted by atomic mass is 9.87. The zero-order valence-electron chi connectivity index (χ0n) is 19.9. The lowest BCUT2D eigenvalue weighted by Gasteiger charge is -2.29. The number of fused-ring (bicyclic) bond motifs is 2. The Hall–Kier alpha value is -3.96. The maximum Gasteiger partial charge on any atom is 0.308 e. The Balaban J connectivity index is 1.39. The Morgan fingerprint density at radius 2 is 1.79 bits per heavy atom. The number of imide groups is 1. The van der Waals surface area contributed by atoms with Crippen molar-refractivity contribution in [1.29, 1.82) is 0 Å². The number of hydrogen-bond acceptors (Lipinski definition) is 7. The van der Waals surface area contributed by atoms with E-state index in [2.05, 4.69) is 5.32 Å². The van der Waals surface area contributed by atoms with Crippen molar-refractivity contribution in [2.24, 2.45) is 5.92 Å².